The molecule has 2 atom stereocenters. The summed E-state index contributed by atoms with van der Waals surface area (Å²) in [6, 6.07) is 6.95. The van der Waals surface area contributed by atoms with E-state index in [1.165, 1.54) is 12.5 Å². The first-order chi connectivity index (χ1) is 6.64. The van der Waals surface area contributed by atoms with Crippen LogP contribution in [0.3, 0.4) is 0 Å². The van der Waals surface area contributed by atoms with Crippen molar-refractivity contribution in [2.75, 3.05) is 5.33 Å². The summed E-state index contributed by atoms with van der Waals surface area (Å²) < 4.78 is 12.9. The van der Waals surface area contributed by atoms with Gasteiger partial charge in [0.25, 0.3) is 0 Å². The minimum Gasteiger partial charge on any atom is -0.207 e. The molecule has 1 aromatic rings. The predicted molar refractivity (Wildman–Crippen MR) is 60.1 cm³/mol. The van der Waals surface area contributed by atoms with Gasteiger partial charge >= 0.3 is 0 Å². The Kier molecular flexibility index (Phi) is 2.65. The fraction of sp³-hybridized carbons (Fsp3) is 0.500. The minimum absolute atomic E-state index is 0.123. The van der Waals surface area contributed by atoms with Gasteiger partial charge in [-0.15, -0.1) is 0 Å². The van der Waals surface area contributed by atoms with E-state index in [4.69, 9.17) is 0 Å². The molecule has 76 valence electrons. The van der Waals surface area contributed by atoms with E-state index in [0.717, 1.165) is 23.2 Å². The van der Waals surface area contributed by atoms with Crippen molar-refractivity contribution in [1.29, 1.82) is 0 Å². The highest BCUT2D eigenvalue weighted by molar-refractivity contribution is 9.09. The van der Waals surface area contributed by atoms with E-state index in [2.05, 4.69) is 22.9 Å². The van der Waals surface area contributed by atoms with Gasteiger partial charge in [-0.1, -0.05) is 35.0 Å². The molecule has 1 aliphatic rings. The fourth-order valence-corrected chi connectivity index (χ4v) is 3.09. The van der Waals surface area contributed by atoms with Gasteiger partial charge in [0, 0.05) is 5.33 Å². The van der Waals surface area contributed by atoms with Crippen LogP contribution in [0.1, 0.15) is 18.9 Å². The van der Waals surface area contributed by atoms with Crippen LogP contribution in [-0.2, 0) is 6.42 Å². The van der Waals surface area contributed by atoms with Crippen molar-refractivity contribution >= 4 is 15.9 Å². The summed E-state index contributed by atoms with van der Waals surface area (Å²) in [5.74, 6) is 0.646. The maximum atomic E-state index is 12.9. The molecular formula is C12H14BrF. The smallest absolute Gasteiger partial charge is 0.123 e. The normalized spacial score (nSPS) is 30.4. The molecule has 2 heteroatoms. The van der Waals surface area contributed by atoms with Crippen molar-refractivity contribution in [3.63, 3.8) is 0 Å². The zero-order valence-electron chi connectivity index (χ0n) is 8.26. The lowest BCUT2D eigenvalue weighted by molar-refractivity contribution is 0.519. The van der Waals surface area contributed by atoms with Crippen molar-refractivity contribution in [2.24, 2.45) is 11.3 Å². The summed E-state index contributed by atoms with van der Waals surface area (Å²) in [5.41, 5.74) is 1.52. The van der Waals surface area contributed by atoms with Gasteiger partial charge in [-0.2, -0.15) is 0 Å². The minimum atomic E-state index is -0.123. The first-order valence-corrected chi connectivity index (χ1v) is 6.06. The molecule has 1 saturated carbocycles. The highest BCUT2D eigenvalue weighted by Gasteiger charge is 2.48. The molecule has 0 aromatic heterocycles. The van der Waals surface area contributed by atoms with Crippen LogP contribution < -0.4 is 0 Å². The fourth-order valence-electron chi connectivity index (χ4n) is 2.07. The van der Waals surface area contributed by atoms with E-state index in [9.17, 15) is 4.39 Å². The molecule has 2 rings (SSSR count). The molecule has 0 aliphatic heterocycles. The van der Waals surface area contributed by atoms with E-state index in [1.54, 1.807) is 12.1 Å². The highest BCUT2D eigenvalue weighted by atomic mass is 79.9. The lowest BCUT2D eigenvalue weighted by atomic mass is 9.96. The monoisotopic (exact) mass is 256 g/mol. The molecule has 0 radical (unpaired) electrons. The summed E-state index contributed by atoms with van der Waals surface area (Å²) in [5, 5.41) is 1.07. The van der Waals surface area contributed by atoms with Crippen LogP contribution in [0.4, 0.5) is 4.39 Å². The topological polar surface area (TPSA) is 0 Å². The average molecular weight is 257 g/mol. The highest BCUT2D eigenvalue weighted by Crippen LogP contribution is 2.55. The summed E-state index contributed by atoms with van der Waals surface area (Å²) in [7, 11) is 0. The lowest BCUT2D eigenvalue weighted by Crippen LogP contribution is -2.04. The van der Waals surface area contributed by atoms with Crippen LogP contribution in [-0.4, -0.2) is 5.33 Å². The Balaban J connectivity index is 2.05. The van der Waals surface area contributed by atoms with Crippen LogP contribution in [0.25, 0.3) is 0 Å². The van der Waals surface area contributed by atoms with Crippen LogP contribution in [0, 0.1) is 17.2 Å². The molecule has 1 aliphatic carbocycles. The molecule has 0 heterocycles. The van der Waals surface area contributed by atoms with E-state index in [1.807, 2.05) is 6.07 Å². The Bertz CT molecular complexity index is 337. The maximum absolute atomic E-state index is 12.9. The van der Waals surface area contributed by atoms with Crippen molar-refractivity contribution in [2.45, 2.75) is 19.8 Å². The predicted octanol–water partition coefficient (Wildman–Crippen LogP) is 3.79. The molecule has 14 heavy (non-hydrogen) atoms. The number of rotatable bonds is 3. The molecule has 0 spiro atoms. The van der Waals surface area contributed by atoms with Crippen molar-refractivity contribution in [3.8, 4) is 0 Å². The van der Waals surface area contributed by atoms with Crippen LogP contribution in [0.5, 0.6) is 0 Å². The second kappa shape index (κ2) is 3.65. The maximum Gasteiger partial charge on any atom is 0.123 e. The van der Waals surface area contributed by atoms with E-state index < -0.39 is 0 Å². The number of alkyl halides is 1. The van der Waals surface area contributed by atoms with Gasteiger partial charge in [-0.05, 0) is 41.9 Å². The molecule has 0 N–H and O–H groups in total. The second-order valence-electron chi connectivity index (χ2n) is 4.52. The largest absolute Gasteiger partial charge is 0.207 e. The first-order valence-electron chi connectivity index (χ1n) is 4.94. The third-order valence-corrected chi connectivity index (χ3v) is 4.00. The van der Waals surface area contributed by atoms with Gasteiger partial charge in [0.15, 0.2) is 0 Å². The summed E-state index contributed by atoms with van der Waals surface area (Å²) in [6.07, 6.45) is 2.26. The number of hydrogen-bond donors (Lipinski definition) is 0. The molecular weight excluding hydrogens is 243 g/mol. The van der Waals surface area contributed by atoms with Crippen molar-refractivity contribution in [1.82, 2.24) is 0 Å². The van der Waals surface area contributed by atoms with Gasteiger partial charge in [-0.3, -0.25) is 0 Å². The molecule has 1 fully saturated rings. The van der Waals surface area contributed by atoms with Crippen molar-refractivity contribution < 1.29 is 4.39 Å². The van der Waals surface area contributed by atoms with E-state index >= 15 is 0 Å². The Morgan fingerprint density at radius 1 is 1.57 bits per heavy atom. The summed E-state index contributed by atoms with van der Waals surface area (Å²) >= 11 is 3.51. The Labute approximate surface area is 92.6 Å². The number of hydrogen-bond acceptors (Lipinski definition) is 0. The van der Waals surface area contributed by atoms with Gasteiger partial charge in [-0.25, -0.2) is 4.39 Å². The van der Waals surface area contributed by atoms with E-state index in [0.29, 0.717) is 5.41 Å². The first kappa shape index (κ1) is 10.2. The summed E-state index contributed by atoms with van der Waals surface area (Å²) in [4.78, 5) is 0. The standard InChI is InChI=1S/C12H14BrF/c1-12(7-10(12)8-13)6-9-3-2-4-11(14)5-9/h2-5,10H,6-8H2,1H3. The molecule has 1 aromatic carbocycles. The average Bonchev–Trinajstić information content (AvgIpc) is 2.76. The van der Waals surface area contributed by atoms with Crippen LogP contribution in [0.2, 0.25) is 0 Å². The SMILES string of the molecule is CC1(Cc2cccc(F)c2)CC1CBr. The van der Waals surface area contributed by atoms with Gasteiger partial charge in [0.05, 0.1) is 0 Å². The van der Waals surface area contributed by atoms with Crippen LogP contribution in [0.15, 0.2) is 24.3 Å². The zero-order chi connectivity index (χ0) is 10.2. The molecule has 0 amide bonds. The molecule has 0 saturated heterocycles. The van der Waals surface area contributed by atoms with Gasteiger partial charge in [0.2, 0.25) is 0 Å². The molecule has 0 nitrogen and oxygen atoms in total. The number of halogens is 2. The van der Waals surface area contributed by atoms with E-state index in [-0.39, 0.29) is 5.82 Å². The van der Waals surface area contributed by atoms with Gasteiger partial charge in [0.1, 0.15) is 5.82 Å². The second-order valence-corrected chi connectivity index (χ2v) is 5.16. The Morgan fingerprint density at radius 2 is 2.36 bits per heavy atom. The Morgan fingerprint density at radius 3 is 2.93 bits per heavy atom. The third-order valence-electron chi connectivity index (χ3n) is 3.22. The molecule has 0 bridgehead atoms. The zero-order valence-corrected chi connectivity index (χ0v) is 9.85. The van der Waals surface area contributed by atoms with Crippen molar-refractivity contribution in [3.05, 3.63) is 35.6 Å². The van der Waals surface area contributed by atoms with Gasteiger partial charge < -0.3 is 0 Å². The quantitative estimate of drug-likeness (QED) is 0.723. The third kappa shape index (κ3) is 2.00. The Hall–Kier alpha value is -0.370. The summed E-state index contributed by atoms with van der Waals surface area (Å²) in [6.45, 7) is 2.28. The lowest BCUT2D eigenvalue weighted by Gasteiger charge is -2.10. The van der Waals surface area contributed by atoms with Crippen LogP contribution >= 0.6 is 15.9 Å². The number of benzene rings is 1. The molecule has 2 unspecified atom stereocenters.